The molecule has 33 heavy (non-hydrogen) atoms. The molecular formula is C22H19F3N2O4S2. The van der Waals surface area contributed by atoms with Crippen LogP contribution in [0, 0.1) is 0 Å². The summed E-state index contributed by atoms with van der Waals surface area (Å²) in [6.45, 7) is -0.102. The number of fused-ring (bicyclic) bond motifs is 1. The largest absolute Gasteiger partial charge is 0.480 e. The van der Waals surface area contributed by atoms with E-state index < -0.39 is 28.5 Å². The van der Waals surface area contributed by atoms with E-state index in [4.69, 9.17) is 0 Å². The number of carboxylic acid groups (broad SMARTS) is 1. The first-order valence-corrected chi connectivity index (χ1v) is 11.8. The fourth-order valence-corrected chi connectivity index (χ4v) is 6.57. The number of carbonyl (C=O) groups is 3. The number of thioether (sulfide) groups is 2. The van der Waals surface area contributed by atoms with Gasteiger partial charge in [0.15, 0.2) is 0 Å². The number of β-lactam (4-membered cyclic amide) rings is 1. The molecule has 3 atom stereocenters. The van der Waals surface area contributed by atoms with Crippen molar-refractivity contribution in [3.63, 3.8) is 0 Å². The maximum atomic E-state index is 12.8. The monoisotopic (exact) mass is 496 g/mol. The molecule has 0 aromatic heterocycles. The van der Waals surface area contributed by atoms with Crippen LogP contribution in [-0.4, -0.2) is 56.3 Å². The predicted octanol–water partition coefficient (Wildman–Crippen LogP) is 3.26. The minimum atomic E-state index is -4.48. The summed E-state index contributed by atoms with van der Waals surface area (Å²) < 4.78 is 37.0. The lowest BCUT2D eigenvalue weighted by Gasteiger charge is -2.53. The second-order valence-corrected chi connectivity index (χ2v) is 10.4. The predicted molar refractivity (Wildman–Crippen MR) is 118 cm³/mol. The van der Waals surface area contributed by atoms with Crippen molar-refractivity contribution >= 4 is 41.3 Å². The SMILES string of the molecule is O=C(Cc1ccccc1)N[C@@H]1C(=O)N2CC(Sc3ccc(C(F)(F)F)cc3)(C(=O)O)CS[C@H]12. The smallest absolute Gasteiger partial charge is 0.416 e. The van der Waals surface area contributed by atoms with Gasteiger partial charge in [0.2, 0.25) is 11.8 Å². The third kappa shape index (κ3) is 4.84. The Bertz CT molecular complexity index is 1070. The fourth-order valence-electron chi connectivity index (χ4n) is 3.73. The lowest BCUT2D eigenvalue weighted by atomic mass is 10.0. The lowest BCUT2D eigenvalue weighted by molar-refractivity contribution is -0.152. The molecule has 0 spiro atoms. The van der Waals surface area contributed by atoms with Crippen LogP contribution in [0.1, 0.15) is 11.1 Å². The molecule has 2 N–H and O–H groups in total. The zero-order chi connectivity index (χ0) is 23.8. The summed E-state index contributed by atoms with van der Waals surface area (Å²) in [5.41, 5.74) is -0.00548. The molecule has 0 saturated carbocycles. The normalized spacial score (nSPS) is 24.6. The molecule has 4 rings (SSSR count). The Hall–Kier alpha value is -2.66. The molecule has 11 heteroatoms. The summed E-state index contributed by atoms with van der Waals surface area (Å²) in [6, 6.07) is 12.6. The molecule has 0 aliphatic carbocycles. The van der Waals surface area contributed by atoms with Crippen molar-refractivity contribution in [2.24, 2.45) is 0 Å². The van der Waals surface area contributed by atoms with Crippen molar-refractivity contribution in [1.82, 2.24) is 10.2 Å². The van der Waals surface area contributed by atoms with E-state index in [9.17, 15) is 32.7 Å². The van der Waals surface area contributed by atoms with Gasteiger partial charge in [0.1, 0.15) is 16.2 Å². The van der Waals surface area contributed by atoms with Crippen molar-refractivity contribution in [3.8, 4) is 0 Å². The van der Waals surface area contributed by atoms with E-state index in [2.05, 4.69) is 5.32 Å². The Kier molecular flexibility index (Phi) is 6.37. The maximum absolute atomic E-state index is 12.8. The van der Waals surface area contributed by atoms with Gasteiger partial charge in [0.25, 0.3) is 0 Å². The molecule has 2 aliphatic rings. The Labute approximate surface area is 195 Å². The van der Waals surface area contributed by atoms with Crippen LogP contribution >= 0.6 is 23.5 Å². The van der Waals surface area contributed by atoms with Crippen LogP contribution in [0.2, 0.25) is 0 Å². The number of hydrogen-bond acceptors (Lipinski definition) is 5. The van der Waals surface area contributed by atoms with Crippen molar-refractivity contribution in [2.45, 2.75) is 33.7 Å². The highest BCUT2D eigenvalue weighted by Crippen LogP contribution is 2.46. The number of amides is 2. The first-order valence-electron chi connectivity index (χ1n) is 9.94. The number of rotatable bonds is 6. The number of hydrogen-bond donors (Lipinski definition) is 2. The van der Waals surface area contributed by atoms with E-state index in [0.29, 0.717) is 4.90 Å². The summed E-state index contributed by atoms with van der Waals surface area (Å²) in [5, 5.41) is 12.3. The van der Waals surface area contributed by atoms with Gasteiger partial charge in [0, 0.05) is 17.2 Å². The van der Waals surface area contributed by atoms with Crippen LogP contribution in [0.5, 0.6) is 0 Å². The van der Waals surface area contributed by atoms with E-state index in [0.717, 1.165) is 29.5 Å². The quantitative estimate of drug-likeness (QED) is 0.597. The van der Waals surface area contributed by atoms with Crippen molar-refractivity contribution in [3.05, 3.63) is 65.7 Å². The first kappa shape index (κ1) is 23.5. The zero-order valence-corrected chi connectivity index (χ0v) is 18.7. The highest BCUT2D eigenvalue weighted by molar-refractivity contribution is 8.05. The molecule has 0 bridgehead atoms. The van der Waals surface area contributed by atoms with Gasteiger partial charge in [-0.1, -0.05) is 30.3 Å². The molecule has 0 radical (unpaired) electrons. The second-order valence-electron chi connectivity index (χ2n) is 7.80. The van der Waals surface area contributed by atoms with Gasteiger partial charge in [-0.3, -0.25) is 14.4 Å². The first-order chi connectivity index (χ1) is 15.6. The summed E-state index contributed by atoms with van der Waals surface area (Å²) in [4.78, 5) is 38.9. The molecule has 174 valence electrons. The van der Waals surface area contributed by atoms with Gasteiger partial charge in [-0.05, 0) is 29.8 Å². The lowest BCUT2D eigenvalue weighted by Crippen LogP contribution is -2.74. The van der Waals surface area contributed by atoms with E-state index in [1.165, 1.54) is 28.8 Å². The highest BCUT2D eigenvalue weighted by Gasteiger charge is 2.58. The number of aliphatic carboxylic acids is 1. The molecule has 6 nitrogen and oxygen atoms in total. The highest BCUT2D eigenvalue weighted by atomic mass is 32.2. The van der Waals surface area contributed by atoms with Crippen molar-refractivity contribution in [2.75, 3.05) is 12.3 Å². The number of nitrogens with zero attached hydrogens (tertiary/aromatic N) is 1. The van der Waals surface area contributed by atoms with Gasteiger partial charge >= 0.3 is 12.1 Å². The number of nitrogens with one attached hydrogen (secondary N) is 1. The number of carbonyl (C=O) groups excluding carboxylic acids is 2. The Morgan fingerprint density at radius 2 is 1.82 bits per heavy atom. The van der Waals surface area contributed by atoms with Gasteiger partial charge in [-0.25, -0.2) is 0 Å². The van der Waals surface area contributed by atoms with Crippen molar-refractivity contribution in [1.29, 1.82) is 0 Å². The molecular weight excluding hydrogens is 477 g/mol. The summed E-state index contributed by atoms with van der Waals surface area (Å²) >= 11 is 2.17. The minimum Gasteiger partial charge on any atom is -0.480 e. The van der Waals surface area contributed by atoms with E-state index in [1.807, 2.05) is 30.3 Å². The average Bonchev–Trinajstić information content (AvgIpc) is 2.78. The van der Waals surface area contributed by atoms with Crippen molar-refractivity contribution < 1.29 is 32.7 Å². The van der Waals surface area contributed by atoms with Crippen LogP contribution in [-0.2, 0) is 27.0 Å². The molecule has 2 saturated heterocycles. The zero-order valence-electron chi connectivity index (χ0n) is 17.0. The molecule has 2 heterocycles. The molecule has 2 aliphatic heterocycles. The van der Waals surface area contributed by atoms with Gasteiger partial charge in [-0.15, -0.1) is 23.5 Å². The molecule has 1 unspecified atom stereocenters. The summed E-state index contributed by atoms with van der Waals surface area (Å²) in [6.07, 6.45) is -4.35. The standard InChI is InChI=1S/C22H19F3N2O4S2/c23-22(24,25)14-6-8-15(9-7-14)33-21(20(30)31)11-27-18(29)17(19(27)32-12-21)26-16(28)10-13-4-2-1-3-5-13/h1-9,17,19H,10-12H2,(H,26,28)(H,30,31)/t17-,19-,21?/m1/s1. The number of halogens is 3. The third-order valence-electron chi connectivity index (χ3n) is 5.46. The van der Waals surface area contributed by atoms with Gasteiger partial charge < -0.3 is 15.3 Å². The topological polar surface area (TPSA) is 86.7 Å². The Balaban J connectivity index is 1.41. The number of carboxylic acids is 1. The maximum Gasteiger partial charge on any atom is 0.416 e. The van der Waals surface area contributed by atoms with Crippen LogP contribution in [0.25, 0.3) is 0 Å². The molecule has 2 aromatic rings. The van der Waals surface area contributed by atoms with Crippen LogP contribution < -0.4 is 5.32 Å². The second kappa shape index (κ2) is 8.94. The average molecular weight is 497 g/mol. The van der Waals surface area contributed by atoms with Crippen LogP contribution in [0.3, 0.4) is 0 Å². The molecule has 2 aromatic carbocycles. The Morgan fingerprint density at radius 3 is 2.42 bits per heavy atom. The van der Waals surface area contributed by atoms with Crippen LogP contribution in [0.15, 0.2) is 59.5 Å². The minimum absolute atomic E-state index is 0.102. The summed E-state index contributed by atoms with van der Waals surface area (Å²) in [5.74, 6) is -1.68. The third-order valence-corrected chi connectivity index (χ3v) is 8.52. The van der Waals surface area contributed by atoms with Gasteiger partial charge in [-0.2, -0.15) is 13.2 Å². The van der Waals surface area contributed by atoms with Crippen LogP contribution in [0.4, 0.5) is 13.2 Å². The number of benzene rings is 2. The fraction of sp³-hybridized carbons (Fsp3) is 0.318. The van der Waals surface area contributed by atoms with E-state index >= 15 is 0 Å². The number of alkyl halides is 3. The summed E-state index contributed by atoms with van der Waals surface area (Å²) in [7, 11) is 0. The Morgan fingerprint density at radius 1 is 1.15 bits per heavy atom. The van der Waals surface area contributed by atoms with E-state index in [1.54, 1.807) is 0 Å². The van der Waals surface area contributed by atoms with E-state index in [-0.39, 0.29) is 35.9 Å². The van der Waals surface area contributed by atoms with Gasteiger partial charge in [0.05, 0.1) is 12.0 Å². The molecule has 2 fully saturated rings. The molecule has 2 amide bonds.